The van der Waals surface area contributed by atoms with Crippen LogP contribution in [0.15, 0.2) is 48.5 Å². The second kappa shape index (κ2) is 6.10. The maximum atomic E-state index is 5.99. The molecule has 0 saturated heterocycles. The van der Waals surface area contributed by atoms with Gasteiger partial charge in [-0.05, 0) is 31.4 Å². The minimum atomic E-state index is 0.625. The average Bonchev–Trinajstić information content (AvgIpc) is 3.29. The predicted molar refractivity (Wildman–Crippen MR) is 81.8 cm³/mol. The van der Waals surface area contributed by atoms with Crippen LogP contribution >= 0.6 is 0 Å². The van der Waals surface area contributed by atoms with Crippen molar-refractivity contribution in [1.29, 1.82) is 0 Å². The summed E-state index contributed by atoms with van der Waals surface area (Å²) in [5, 5.41) is 3.56. The minimum Gasteiger partial charge on any atom is -0.489 e. The Hall–Kier alpha value is -1.80. The van der Waals surface area contributed by atoms with Crippen LogP contribution in [-0.4, -0.2) is 6.04 Å². The number of hydrogen-bond acceptors (Lipinski definition) is 2. The number of nitrogens with one attached hydrogen (secondary N) is 1. The van der Waals surface area contributed by atoms with Crippen LogP contribution in [0.1, 0.15) is 29.5 Å². The van der Waals surface area contributed by atoms with Gasteiger partial charge in [0.05, 0.1) is 0 Å². The summed E-state index contributed by atoms with van der Waals surface area (Å²) in [7, 11) is 0. The van der Waals surface area contributed by atoms with Crippen molar-refractivity contribution >= 4 is 0 Å². The molecule has 2 aromatic carbocycles. The van der Waals surface area contributed by atoms with Crippen LogP contribution in [0, 0.1) is 6.92 Å². The molecule has 0 unspecified atom stereocenters. The van der Waals surface area contributed by atoms with Gasteiger partial charge in [-0.2, -0.15) is 0 Å². The molecule has 0 spiro atoms. The molecule has 2 aromatic rings. The zero-order chi connectivity index (χ0) is 13.8. The van der Waals surface area contributed by atoms with E-state index in [4.69, 9.17) is 4.74 Å². The Morgan fingerprint density at radius 3 is 2.65 bits per heavy atom. The predicted octanol–water partition coefficient (Wildman–Crippen LogP) is 3.83. The maximum Gasteiger partial charge on any atom is 0.124 e. The van der Waals surface area contributed by atoms with Crippen LogP contribution in [-0.2, 0) is 13.2 Å². The summed E-state index contributed by atoms with van der Waals surface area (Å²) in [4.78, 5) is 0. The number of hydrogen-bond donors (Lipinski definition) is 1. The molecule has 1 aliphatic rings. The van der Waals surface area contributed by atoms with Gasteiger partial charge in [-0.15, -0.1) is 0 Å². The molecule has 0 radical (unpaired) electrons. The van der Waals surface area contributed by atoms with Crippen molar-refractivity contribution in [3.05, 3.63) is 65.2 Å². The molecule has 2 nitrogen and oxygen atoms in total. The Labute approximate surface area is 120 Å². The lowest BCUT2D eigenvalue weighted by Gasteiger charge is -2.13. The molecule has 1 saturated carbocycles. The van der Waals surface area contributed by atoms with E-state index in [1.54, 1.807) is 0 Å². The Kier molecular flexibility index (Phi) is 4.03. The van der Waals surface area contributed by atoms with E-state index in [9.17, 15) is 0 Å². The maximum absolute atomic E-state index is 5.99. The first-order valence-electron chi connectivity index (χ1n) is 7.31. The molecule has 1 N–H and O–H groups in total. The van der Waals surface area contributed by atoms with Crippen molar-refractivity contribution in [2.45, 2.75) is 39.0 Å². The summed E-state index contributed by atoms with van der Waals surface area (Å²) in [5.41, 5.74) is 3.74. The van der Waals surface area contributed by atoms with E-state index in [0.717, 1.165) is 18.3 Å². The third-order valence-corrected chi connectivity index (χ3v) is 3.61. The first kappa shape index (κ1) is 13.2. The normalized spacial score (nSPS) is 14.2. The zero-order valence-corrected chi connectivity index (χ0v) is 11.9. The molecule has 0 heterocycles. The highest BCUT2D eigenvalue weighted by atomic mass is 16.5. The Morgan fingerprint density at radius 2 is 1.90 bits per heavy atom. The van der Waals surface area contributed by atoms with E-state index in [2.05, 4.69) is 42.6 Å². The average molecular weight is 267 g/mol. The fraction of sp³-hybridized carbons (Fsp3) is 0.333. The second-order valence-corrected chi connectivity index (χ2v) is 5.54. The molecule has 20 heavy (non-hydrogen) atoms. The highest BCUT2D eigenvalue weighted by molar-refractivity contribution is 5.37. The van der Waals surface area contributed by atoms with Gasteiger partial charge < -0.3 is 10.1 Å². The highest BCUT2D eigenvalue weighted by Gasteiger charge is 2.20. The molecule has 1 aliphatic carbocycles. The van der Waals surface area contributed by atoms with Gasteiger partial charge in [0.25, 0.3) is 0 Å². The van der Waals surface area contributed by atoms with Crippen LogP contribution in [0.3, 0.4) is 0 Å². The summed E-state index contributed by atoms with van der Waals surface area (Å²) in [6, 6.07) is 17.4. The van der Waals surface area contributed by atoms with Crippen LogP contribution in [0.4, 0.5) is 0 Å². The van der Waals surface area contributed by atoms with Crippen LogP contribution < -0.4 is 10.1 Å². The smallest absolute Gasteiger partial charge is 0.124 e. The molecule has 0 aliphatic heterocycles. The van der Waals surface area contributed by atoms with Crippen molar-refractivity contribution < 1.29 is 4.74 Å². The summed E-state index contributed by atoms with van der Waals surface area (Å²) in [6.45, 7) is 3.65. The molecule has 104 valence electrons. The number of ether oxygens (including phenoxy) is 1. The first-order valence-corrected chi connectivity index (χ1v) is 7.31. The molecule has 0 bridgehead atoms. The van der Waals surface area contributed by atoms with Crippen molar-refractivity contribution in [3.63, 3.8) is 0 Å². The van der Waals surface area contributed by atoms with Gasteiger partial charge in [-0.3, -0.25) is 0 Å². The Bertz CT molecular complexity index is 561. The van der Waals surface area contributed by atoms with E-state index in [1.165, 1.54) is 29.5 Å². The van der Waals surface area contributed by atoms with Crippen molar-refractivity contribution in [2.24, 2.45) is 0 Å². The first-order chi connectivity index (χ1) is 9.81. The summed E-state index contributed by atoms with van der Waals surface area (Å²) >= 11 is 0. The van der Waals surface area contributed by atoms with Crippen LogP contribution in [0.25, 0.3) is 0 Å². The molecule has 0 aromatic heterocycles. The lowest BCUT2D eigenvalue weighted by Crippen LogP contribution is -2.16. The summed E-state index contributed by atoms with van der Waals surface area (Å²) in [6.07, 6.45) is 2.62. The largest absolute Gasteiger partial charge is 0.489 e. The molecule has 1 fully saturated rings. The van der Waals surface area contributed by atoms with Crippen molar-refractivity contribution in [2.75, 3.05) is 0 Å². The van der Waals surface area contributed by atoms with Gasteiger partial charge >= 0.3 is 0 Å². The van der Waals surface area contributed by atoms with Crippen molar-refractivity contribution in [3.8, 4) is 5.75 Å². The number of benzene rings is 2. The topological polar surface area (TPSA) is 21.3 Å². The molecule has 3 rings (SSSR count). The monoisotopic (exact) mass is 267 g/mol. The summed E-state index contributed by atoms with van der Waals surface area (Å²) < 4.78 is 5.99. The van der Waals surface area contributed by atoms with E-state index in [-0.39, 0.29) is 0 Å². The minimum absolute atomic E-state index is 0.625. The Morgan fingerprint density at radius 1 is 1.10 bits per heavy atom. The lowest BCUT2D eigenvalue weighted by molar-refractivity contribution is 0.302. The second-order valence-electron chi connectivity index (χ2n) is 5.54. The van der Waals surface area contributed by atoms with Crippen molar-refractivity contribution in [1.82, 2.24) is 5.32 Å². The zero-order valence-electron chi connectivity index (χ0n) is 11.9. The van der Waals surface area contributed by atoms with Gasteiger partial charge in [0.15, 0.2) is 0 Å². The third-order valence-electron chi connectivity index (χ3n) is 3.61. The molecular formula is C18H21NO. The molecule has 0 atom stereocenters. The van der Waals surface area contributed by atoms with E-state index >= 15 is 0 Å². The summed E-state index contributed by atoms with van der Waals surface area (Å²) in [5.74, 6) is 0.993. The van der Waals surface area contributed by atoms with Gasteiger partial charge in [-0.1, -0.05) is 48.0 Å². The van der Waals surface area contributed by atoms with E-state index in [0.29, 0.717) is 6.61 Å². The van der Waals surface area contributed by atoms with Gasteiger partial charge in [0, 0.05) is 18.2 Å². The number of rotatable bonds is 6. The van der Waals surface area contributed by atoms with Crippen LogP contribution in [0.2, 0.25) is 0 Å². The quantitative estimate of drug-likeness (QED) is 0.859. The molecular weight excluding hydrogens is 246 g/mol. The van der Waals surface area contributed by atoms with Gasteiger partial charge in [0.1, 0.15) is 12.4 Å². The standard InChI is InChI=1S/C18H21NO/c1-14-7-10-18(16(11-14)12-19-17-8-9-17)20-13-15-5-3-2-4-6-15/h2-7,10-11,17,19H,8-9,12-13H2,1H3. The fourth-order valence-corrected chi connectivity index (χ4v) is 2.26. The number of aryl methyl sites for hydroxylation is 1. The van der Waals surface area contributed by atoms with E-state index in [1.807, 2.05) is 18.2 Å². The van der Waals surface area contributed by atoms with Gasteiger partial charge in [-0.25, -0.2) is 0 Å². The lowest BCUT2D eigenvalue weighted by atomic mass is 10.1. The molecule has 0 amide bonds. The van der Waals surface area contributed by atoms with Crippen LogP contribution in [0.5, 0.6) is 5.75 Å². The SMILES string of the molecule is Cc1ccc(OCc2ccccc2)c(CNC2CC2)c1. The fourth-order valence-electron chi connectivity index (χ4n) is 2.26. The Balaban J connectivity index is 1.67. The third kappa shape index (κ3) is 3.61. The van der Waals surface area contributed by atoms with E-state index < -0.39 is 0 Å². The highest BCUT2D eigenvalue weighted by Crippen LogP contribution is 2.24. The molecule has 2 heteroatoms. The van der Waals surface area contributed by atoms with Gasteiger partial charge in [0.2, 0.25) is 0 Å².